The first-order valence-corrected chi connectivity index (χ1v) is 8.93. The molecule has 1 aromatic carbocycles. The van der Waals surface area contributed by atoms with Gasteiger partial charge in [-0.15, -0.1) is 0 Å². The van der Waals surface area contributed by atoms with Gasteiger partial charge < -0.3 is 5.32 Å². The minimum Gasteiger partial charge on any atom is -0.353 e. The number of anilines is 1. The summed E-state index contributed by atoms with van der Waals surface area (Å²) in [5, 5.41) is 3.44. The fraction of sp³-hybridized carbons (Fsp3) is 0.474. The maximum absolute atomic E-state index is 12.1. The van der Waals surface area contributed by atoms with Gasteiger partial charge in [0.05, 0.1) is 5.69 Å². The molecule has 1 fully saturated rings. The lowest BCUT2D eigenvalue weighted by Crippen LogP contribution is -2.39. The highest BCUT2D eigenvalue weighted by molar-refractivity contribution is 5.33. The molecule has 0 amide bonds. The van der Waals surface area contributed by atoms with E-state index in [1.165, 1.54) is 5.56 Å². The van der Waals surface area contributed by atoms with Crippen molar-refractivity contribution in [1.29, 1.82) is 0 Å². The number of hydrogen-bond acceptors (Lipinski definition) is 4. The Morgan fingerprint density at radius 3 is 2.75 bits per heavy atom. The standard InChI is InChI=1S/C19H24N4O/c24-18-16-7-4-8-17(16)21-19(22-18)20-15-9-11-23(12-10-15)13-14-5-2-1-3-6-14/h1-3,5-6,15H,4,7-13H2,(H2,20,21,22,24). The monoisotopic (exact) mass is 324 g/mol. The lowest BCUT2D eigenvalue weighted by atomic mass is 10.0. The summed E-state index contributed by atoms with van der Waals surface area (Å²) in [7, 11) is 0. The first-order chi connectivity index (χ1) is 11.8. The first-order valence-electron chi connectivity index (χ1n) is 8.93. The van der Waals surface area contributed by atoms with Gasteiger partial charge in [0.25, 0.3) is 5.56 Å². The molecule has 0 unspecified atom stereocenters. The van der Waals surface area contributed by atoms with Gasteiger partial charge in [-0.05, 0) is 37.7 Å². The molecule has 24 heavy (non-hydrogen) atoms. The highest BCUT2D eigenvalue weighted by atomic mass is 16.1. The van der Waals surface area contributed by atoms with Crippen molar-refractivity contribution >= 4 is 5.95 Å². The van der Waals surface area contributed by atoms with E-state index in [1.54, 1.807) is 0 Å². The van der Waals surface area contributed by atoms with Crippen LogP contribution in [-0.4, -0.2) is 34.0 Å². The van der Waals surface area contributed by atoms with Crippen molar-refractivity contribution in [1.82, 2.24) is 14.9 Å². The smallest absolute Gasteiger partial charge is 0.255 e. The Labute approximate surface area is 142 Å². The van der Waals surface area contributed by atoms with E-state index in [2.05, 4.69) is 50.5 Å². The number of hydrogen-bond donors (Lipinski definition) is 2. The highest BCUT2D eigenvalue weighted by Crippen LogP contribution is 2.19. The number of piperidine rings is 1. The molecular weight excluding hydrogens is 300 g/mol. The lowest BCUT2D eigenvalue weighted by Gasteiger charge is -2.32. The average molecular weight is 324 g/mol. The largest absolute Gasteiger partial charge is 0.353 e. The van der Waals surface area contributed by atoms with Gasteiger partial charge in [0.2, 0.25) is 5.95 Å². The van der Waals surface area contributed by atoms with Crippen LogP contribution in [0.5, 0.6) is 0 Å². The van der Waals surface area contributed by atoms with Gasteiger partial charge in [-0.1, -0.05) is 30.3 Å². The molecule has 2 aromatic rings. The topological polar surface area (TPSA) is 61.0 Å². The summed E-state index contributed by atoms with van der Waals surface area (Å²) in [6.45, 7) is 3.16. The van der Waals surface area contributed by atoms with Crippen LogP contribution >= 0.6 is 0 Å². The second kappa shape index (κ2) is 6.77. The quantitative estimate of drug-likeness (QED) is 0.906. The van der Waals surface area contributed by atoms with Crippen molar-refractivity contribution < 1.29 is 0 Å². The number of aromatic amines is 1. The summed E-state index contributed by atoms with van der Waals surface area (Å²) in [6, 6.07) is 11.0. The predicted molar refractivity (Wildman–Crippen MR) is 95.2 cm³/mol. The van der Waals surface area contributed by atoms with E-state index in [1.807, 2.05) is 0 Å². The molecule has 0 radical (unpaired) electrons. The maximum Gasteiger partial charge on any atom is 0.255 e. The molecule has 1 saturated heterocycles. The molecule has 5 nitrogen and oxygen atoms in total. The fourth-order valence-electron chi connectivity index (χ4n) is 3.78. The van der Waals surface area contributed by atoms with Crippen LogP contribution in [0.25, 0.3) is 0 Å². The summed E-state index contributed by atoms with van der Waals surface area (Å²) in [4.78, 5) is 22.1. The number of likely N-dealkylation sites (tertiary alicyclic amines) is 1. The van der Waals surface area contributed by atoms with Gasteiger partial charge in [0.1, 0.15) is 0 Å². The van der Waals surface area contributed by atoms with E-state index < -0.39 is 0 Å². The van der Waals surface area contributed by atoms with E-state index >= 15 is 0 Å². The molecule has 2 aliphatic rings. The van der Waals surface area contributed by atoms with E-state index in [0.29, 0.717) is 12.0 Å². The molecule has 0 atom stereocenters. The number of rotatable bonds is 4. The van der Waals surface area contributed by atoms with Crippen LogP contribution in [0, 0.1) is 0 Å². The number of benzene rings is 1. The number of aryl methyl sites for hydroxylation is 1. The number of H-pyrrole nitrogens is 1. The van der Waals surface area contributed by atoms with Gasteiger partial charge >= 0.3 is 0 Å². The Kier molecular flexibility index (Phi) is 4.34. The van der Waals surface area contributed by atoms with Gasteiger partial charge in [-0.3, -0.25) is 14.7 Å². The number of aromatic nitrogens is 2. The molecule has 0 spiro atoms. The van der Waals surface area contributed by atoms with E-state index in [4.69, 9.17) is 0 Å². The molecular formula is C19H24N4O. The van der Waals surface area contributed by atoms with Crippen LogP contribution < -0.4 is 10.9 Å². The Hall–Kier alpha value is -2.14. The van der Waals surface area contributed by atoms with Crippen LogP contribution in [0.1, 0.15) is 36.1 Å². The van der Waals surface area contributed by atoms with Crippen LogP contribution in [0.4, 0.5) is 5.95 Å². The van der Waals surface area contributed by atoms with Crippen LogP contribution in [0.2, 0.25) is 0 Å². The van der Waals surface area contributed by atoms with E-state index in [0.717, 1.165) is 63.0 Å². The molecule has 0 bridgehead atoms. The zero-order valence-electron chi connectivity index (χ0n) is 13.9. The number of nitrogens with one attached hydrogen (secondary N) is 2. The third-order valence-corrected chi connectivity index (χ3v) is 5.12. The third-order valence-electron chi connectivity index (χ3n) is 5.12. The minimum absolute atomic E-state index is 0.0431. The van der Waals surface area contributed by atoms with E-state index in [-0.39, 0.29) is 5.56 Å². The summed E-state index contributed by atoms with van der Waals surface area (Å²) in [5.74, 6) is 0.655. The molecule has 1 aliphatic carbocycles. The molecule has 4 rings (SSSR count). The molecule has 2 heterocycles. The fourth-order valence-corrected chi connectivity index (χ4v) is 3.78. The molecule has 2 N–H and O–H groups in total. The normalized spacial score (nSPS) is 18.5. The predicted octanol–water partition coefficient (Wildman–Crippen LogP) is 2.34. The van der Waals surface area contributed by atoms with Crippen molar-refractivity contribution in [2.24, 2.45) is 0 Å². The van der Waals surface area contributed by atoms with Crippen LogP contribution in [0.15, 0.2) is 35.1 Å². The Morgan fingerprint density at radius 1 is 1.17 bits per heavy atom. The van der Waals surface area contributed by atoms with Gasteiger partial charge in [-0.25, -0.2) is 4.98 Å². The van der Waals surface area contributed by atoms with Gasteiger partial charge in [-0.2, -0.15) is 0 Å². The molecule has 126 valence electrons. The number of fused-ring (bicyclic) bond motifs is 1. The van der Waals surface area contributed by atoms with Gasteiger partial charge in [0, 0.05) is 31.2 Å². The lowest BCUT2D eigenvalue weighted by molar-refractivity contribution is 0.211. The number of nitrogens with zero attached hydrogens (tertiary/aromatic N) is 2. The zero-order valence-corrected chi connectivity index (χ0v) is 13.9. The molecule has 1 aliphatic heterocycles. The average Bonchev–Trinajstić information content (AvgIpc) is 3.07. The van der Waals surface area contributed by atoms with Crippen LogP contribution in [-0.2, 0) is 19.4 Å². The zero-order chi connectivity index (χ0) is 16.4. The molecule has 5 heteroatoms. The summed E-state index contributed by atoms with van der Waals surface area (Å²) in [5.41, 5.74) is 3.29. The Morgan fingerprint density at radius 2 is 1.96 bits per heavy atom. The summed E-state index contributed by atoms with van der Waals surface area (Å²) < 4.78 is 0. The van der Waals surface area contributed by atoms with Crippen molar-refractivity contribution in [3.63, 3.8) is 0 Å². The maximum atomic E-state index is 12.1. The van der Waals surface area contributed by atoms with Crippen molar-refractivity contribution in [2.75, 3.05) is 18.4 Å². The minimum atomic E-state index is 0.0431. The highest BCUT2D eigenvalue weighted by Gasteiger charge is 2.21. The summed E-state index contributed by atoms with van der Waals surface area (Å²) in [6.07, 6.45) is 5.01. The molecule has 1 aromatic heterocycles. The van der Waals surface area contributed by atoms with Crippen LogP contribution in [0.3, 0.4) is 0 Å². The summed E-state index contributed by atoms with van der Waals surface area (Å²) >= 11 is 0. The first kappa shape index (κ1) is 15.4. The van der Waals surface area contributed by atoms with Crippen molar-refractivity contribution in [3.8, 4) is 0 Å². The second-order valence-corrected chi connectivity index (χ2v) is 6.87. The second-order valence-electron chi connectivity index (χ2n) is 6.87. The Bertz CT molecular complexity index is 748. The third kappa shape index (κ3) is 3.36. The SMILES string of the molecule is O=c1[nH]c(NC2CCN(Cc3ccccc3)CC2)nc2c1CCC2. The van der Waals surface area contributed by atoms with Gasteiger partial charge in [0.15, 0.2) is 0 Å². The Balaban J connectivity index is 1.34. The van der Waals surface area contributed by atoms with E-state index in [9.17, 15) is 4.79 Å². The van der Waals surface area contributed by atoms with Crippen molar-refractivity contribution in [2.45, 2.75) is 44.7 Å². The van der Waals surface area contributed by atoms with Crippen molar-refractivity contribution in [3.05, 3.63) is 57.5 Å². The molecule has 0 saturated carbocycles.